The van der Waals surface area contributed by atoms with Crippen LogP contribution in [0.1, 0.15) is 129 Å². The third-order valence-corrected chi connectivity index (χ3v) is 5.54. The second-order valence-electron chi connectivity index (χ2n) is 8.64. The fourth-order valence-corrected chi connectivity index (χ4v) is 3.57. The van der Waals surface area contributed by atoms with Gasteiger partial charge in [0.2, 0.25) is 6.29 Å². The minimum Gasteiger partial charge on any atom is -0.433 e. The molecule has 0 aromatic carbocycles. The Kier molecular flexibility index (Phi) is 25.1. The van der Waals surface area contributed by atoms with Gasteiger partial charge in [0.25, 0.3) is 0 Å². The Labute approximate surface area is 192 Å². The zero-order valence-corrected chi connectivity index (χ0v) is 20.7. The molecule has 0 aliphatic rings. The van der Waals surface area contributed by atoms with E-state index in [0.29, 0.717) is 13.0 Å². The van der Waals surface area contributed by atoms with Crippen molar-refractivity contribution in [2.75, 3.05) is 26.4 Å². The number of aliphatic hydroxyl groups is 1. The van der Waals surface area contributed by atoms with Crippen molar-refractivity contribution in [2.45, 2.75) is 136 Å². The van der Waals surface area contributed by atoms with E-state index >= 15 is 0 Å². The number of aliphatic hydroxyl groups excluding tert-OH is 1. The van der Waals surface area contributed by atoms with Gasteiger partial charge in [-0.2, -0.15) is 0 Å². The van der Waals surface area contributed by atoms with Crippen molar-refractivity contribution in [3.8, 4) is 0 Å². The number of esters is 1. The number of unbranched alkanes of at least 4 members (excludes halogenated alkanes) is 15. The van der Waals surface area contributed by atoms with Crippen LogP contribution >= 0.6 is 0 Å². The van der Waals surface area contributed by atoms with E-state index in [1.807, 2.05) is 0 Å². The van der Waals surface area contributed by atoms with E-state index in [1.54, 1.807) is 0 Å². The predicted molar refractivity (Wildman–Crippen MR) is 128 cm³/mol. The van der Waals surface area contributed by atoms with Gasteiger partial charge in [0.1, 0.15) is 6.61 Å². The summed E-state index contributed by atoms with van der Waals surface area (Å²) < 4.78 is 16.2. The van der Waals surface area contributed by atoms with Gasteiger partial charge in [-0.15, -0.1) is 0 Å². The van der Waals surface area contributed by atoms with Crippen molar-refractivity contribution in [2.24, 2.45) is 0 Å². The molecule has 0 saturated carbocycles. The molecule has 0 aromatic heterocycles. The summed E-state index contributed by atoms with van der Waals surface area (Å²) in [5.41, 5.74) is 0. The molecular weight excluding hydrogens is 392 g/mol. The summed E-state index contributed by atoms with van der Waals surface area (Å²) in [5, 5.41) is 8.80. The lowest BCUT2D eigenvalue weighted by molar-refractivity contribution is -0.192. The highest BCUT2D eigenvalue weighted by Crippen LogP contribution is 2.14. The summed E-state index contributed by atoms with van der Waals surface area (Å²) in [6.07, 6.45) is 21.4. The van der Waals surface area contributed by atoms with Crippen molar-refractivity contribution >= 4 is 5.97 Å². The highest BCUT2D eigenvalue weighted by atomic mass is 16.7. The van der Waals surface area contributed by atoms with Gasteiger partial charge in [-0.3, -0.25) is 4.79 Å². The summed E-state index contributed by atoms with van der Waals surface area (Å²) in [7, 11) is 0. The van der Waals surface area contributed by atoms with Crippen LogP contribution in [0.15, 0.2) is 0 Å². The normalized spacial score (nSPS) is 12.2. The van der Waals surface area contributed by atoms with Crippen LogP contribution < -0.4 is 0 Å². The monoisotopic (exact) mass is 444 g/mol. The zero-order chi connectivity index (χ0) is 22.8. The summed E-state index contributed by atoms with van der Waals surface area (Å²) in [6.45, 7) is 5.26. The van der Waals surface area contributed by atoms with Gasteiger partial charge in [-0.1, -0.05) is 110 Å². The predicted octanol–water partition coefficient (Wildman–Crippen LogP) is 6.94. The van der Waals surface area contributed by atoms with Crippen LogP contribution in [-0.4, -0.2) is 43.8 Å². The lowest BCUT2D eigenvalue weighted by Crippen LogP contribution is -2.27. The number of rotatable bonds is 25. The first-order chi connectivity index (χ1) is 15.2. The lowest BCUT2D eigenvalue weighted by Gasteiger charge is -2.18. The van der Waals surface area contributed by atoms with Crippen LogP contribution in [0.3, 0.4) is 0 Å². The number of hydrogen-bond donors (Lipinski definition) is 1. The van der Waals surface area contributed by atoms with E-state index in [2.05, 4.69) is 13.8 Å². The molecule has 1 atom stereocenters. The van der Waals surface area contributed by atoms with Crippen LogP contribution in [0.5, 0.6) is 0 Å². The molecular formula is C26H52O5. The first kappa shape index (κ1) is 30.4. The fraction of sp³-hybridized carbons (Fsp3) is 0.962. The Bertz CT molecular complexity index is 352. The second-order valence-corrected chi connectivity index (χ2v) is 8.64. The van der Waals surface area contributed by atoms with Crippen molar-refractivity contribution in [1.82, 2.24) is 0 Å². The molecule has 31 heavy (non-hydrogen) atoms. The first-order valence-electron chi connectivity index (χ1n) is 13.2. The molecule has 0 aromatic rings. The van der Waals surface area contributed by atoms with E-state index in [1.165, 1.54) is 83.5 Å². The summed E-state index contributed by atoms with van der Waals surface area (Å²) in [5.74, 6) is -0.219. The number of ether oxygens (including phenoxy) is 3. The lowest BCUT2D eigenvalue weighted by atomic mass is 10.0. The number of carbonyl (C=O) groups excluding carboxylic acids is 1. The molecule has 0 rings (SSSR count). The Morgan fingerprint density at radius 2 is 1.16 bits per heavy atom. The SMILES string of the molecule is CCCCCCCCCCCCCCCCCC(=O)OC(COCCO)OCCCC. The van der Waals surface area contributed by atoms with E-state index in [0.717, 1.165) is 25.7 Å². The van der Waals surface area contributed by atoms with Gasteiger partial charge >= 0.3 is 5.97 Å². The molecule has 0 aliphatic carbocycles. The van der Waals surface area contributed by atoms with Crippen LogP contribution in [-0.2, 0) is 19.0 Å². The largest absolute Gasteiger partial charge is 0.433 e. The van der Waals surface area contributed by atoms with Gasteiger partial charge in [0.05, 0.1) is 19.8 Å². The fourth-order valence-electron chi connectivity index (χ4n) is 3.57. The van der Waals surface area contributed by atoms with Crippen molar-refractivity contribution in [3.63, 3.8) is 0 Å². The average Bonchev–Trinajstić information content (AvgIpc) is 2.76. The third kappa shape index (κ3) is 23.8. The molecule has 0 fully saturated rings. The first-order valence-corrected chi connectivity index (χ1v) is 13.2. The van der Waals surface area contributed by atoms with Crippen LogP contribution in [0.4, 0.5) is 0 Å². The van der Waals surface area contributed by atoms with Crippen molar-refractivity contribution in [1.29, 1.82) is 0 Å². The quantitative estimate of drug-likeness (QED) is 0.0938. The van der Waals surface area contributed by atoms with Crippen LogP contribution in [0, 0.1) is 0 Å². The maximum absolute atomic E-state index is 12.0. The van der Waals surface area contributed by atoms with Gasteiger partial charge in [-0.05, 0) is 12.8 Å². The Morgan fingerprint density at radius 3 is 1.65 bits per heavy atom. The minimum atomic E-state index is -0.665. The molecule has 0 bridgehead atoms. The number of hydrogen-bond acceptors (Lipinski definition) is 5. The van der Waals surface area contributed by atoms with Crippen molar-refractivity contribution in [3.05, 3.63) is 0 Å². The minimum absolute atomic E-state index is 0.0469. The van der Waals surface area contributed by atoms with E-state index in [9.17, 15) is 4.79 Å². The smallest absolute Gasteiger partial charge is 0.308 e. The molecule has 186 valence electrons. The maximum atomic E-state index is 12.0. The summed E-state index contributed by atoms with van der Waals surface area (Å²) in [4.78, 5) is 12.0. The van der Waals surface area contributed by atoms with Gasteiger partial charge in [-0.25, -0.2) is 0 Å². The second kappa shape index (κ2) is 25.6. The summed E-state index contributed by atoms with van der Waals surface area (Å²) in [6, 6.07) is 0. The van der Waals surface area contributed by atoms with Gasteiger partial charge < -0.3 is 19.3 Å². The zero-order valence-electron chi connectivity index (χ0n) is 20.7. The Morgan fingerprint density at radius 1 is 0.677 bits per heavy atom. The highest BCUT2D eigenvalue weighted by Gasteiger charge is 2.15. The molecule has 0 amide bonds. The van der Waals surface area contributed by atoms with E-state index in [-0.39, 0.29) is 25.8 Å². The van der Waals surface area contributed by atoms with Gasteiger partial charge in [0.15, 0.2) is 0 Å². The topological polar surface area (TPSA) is 65.0 Å². The highest BCUT2D eigenvalue weighted by molar-refractivity contribution is 5.69. The molecule has 5 heteroatoms. The van der Waals surface area contributed by atoms with Crippen LogP contribution in [0.2, 0.25) is 0 Å². The third-order valence-electron chi connectivity index (χ3n) is 5.54. The van der Waals surface area contributed by atoms with Crippen molar-refractivity contribution < 1.29 is 24.1 Å². The maximum Gasteiger partial charge on any atom is 0.308 e. The average molecular weight is 445 g/mol. The molecule has 5 nitrogen and oxygen atoms in total. The molecule has 0 saturated heterocycles. The molecule has 1 unspecified atom stereocenters. The van der Waals surface area contributed by atoms with E-state index in [4.69, 9.17) is 19.3 Å². The number of carbonyl (C=O) groups is 1. The molecule has 1 N–H and O–H groups in total. The van der Waals surface area contributed by atoms with E-state index < -0.39 is 6.29 Å². The summed E-state index contributed by atoms with van der Waals surface area (Å²) >= 11 is 0. The van der Waals surface area contributed by atoms with Crippen LogP contribution in [0.25, 0.3) is 0 Å². The van der Waals surface area contributed by atoms with Gasteiger partial charge in [0, 0.05) is 6.42 Å². The molecule has 0 aliphatic heterocycles. The Hall–Kier alpha value is -0.650. The molecule has 0 spiro atoms. The molecule has 0 heterocycles. The Balaban J connectivity index is 3.51. The standard InChI is InChI=1S/C26H52O5/c1-3-5-7-8-9-10-11-12-13-14-15-16-17-18-19-20-25(28)31-26(24-29-23-21-27)30-22-6-4-2/h26-27H,3-24H2,1-2H3. The molecule has 0 radical (unpaired) electrons.